The molecule has 1 aromatic rings. The summed E-state index contributed by atoms with van der Waals surface area (Å²) < 4.78 is 5.60. The lowest BCUT2D eigenvalue weighted by molar-refractivity contribution is 0.305. The van der Waals surface area contributed by atoms with Crippen molar-refractivity contribution in [2.45, 2.75) is 39.5 Å². The van der Waals surface area contributed by atoms with Gasteiger partial charge in [0.2, 0.25) is 0 Å². The molecule has 0 aliphatic heterocycles. The Morgan fingerprint density at radius 3 is 2.53 bits per heavy atom. The highest BCUT2D eigenvalue weighted by atomic mass is 35.5. The lowest BCUT2D eigenvalue weighted by Crippen LogP contribution is -1.98. The average Bonchev–Trinajstić information content (AvgIpc) is 2.25. The van der Waals surface area contributed by atoms with Crippen molar-refractivity contribution in [1.29, 1.82) is 0 Å². The van der Waals surface area contributed by atoms with Crippen LogP contribution in [-0.4, -0.2) is 6.61 Å². The van der Waals surface area contributed by atoms with E-state index in [1.807, 2.05) is 6.07 Å². The second-order valence-corrected chi connectivity index (χ2v) is 5.28. The molecule has 0 unspecified atom stereocenters. The normalized spacial score (nSPS) is 10.9. The molecule has 95 valence electrons. The maximum Gasteiger partial charge on any atom is 0.137 e. The van der Waals surface area contributed by atoms with E-state index in [2.05, 4.69) is 13.8 Å². The Balaban J connectivity index is 2.18. The van der Waals surface area contributed by atoms with Crippen LogP contribution in [0.25, 0.3) is 0 Å². The molecule has 0 amide bonds. The van der Waals surface area contributed by atoms with Crippen LogP contribution in [0.4, 0.5) is 0 Å². The first-order chi connectivity index (χ1) is 8.09. The summed E-state index contributed by atoms with van der Waals surface area (Å²) >= 11 is 11.8. The van der Waals surface area contributed by atoms with Crippen LogP contribution in [0, 0.1) is 5.92 Å². The summed E-state index contributed by atoms with van der Waals surface area (Å²) in [6.45, 7) is 5.05. The van der Waals surface area contributed by atoms with Gasteiger partial charge in [0.05, 0.1) is 11.6 Å². The molecule has 0 spiro atoms. The molecule has 0 N–H and O–H groups in total. The number of benzene rings is 1. The van der Waals surface area contributed by atoms with E-state index in [1.165, 1.54) is 25.2 Å². The highest BCUT2D eigenvalue weighted by Crippen LogP contribution is 2.27. The second-order valence-electron chi connectivity index (χ2n) is 4.44. The minimum Gasteiger partial charge on any atom is -0.492 e. The zero-order chi connectivity index (χ0) is 12.7. The van der Waals surface area contributed by atoms with E-state index in [-0.39, 0.29) is 0 Å². The molecule has 0 atom stereocenters. The highest BCUT2D eigenvalue weighted by Gasteiger charge is 2.02. The van der Waals surface area contributed by atoms with Gasteiger partial charge in [-0.25, -0.2) is 0 Å². The van der Waals surface area contributed by atoms with E-state index in [9.17, 15) is 0 Å². The largest absolute Gasteiger partial charge is 0.492 e. The molecule has 1 aromatic carbocycles. The summed E-state index contributed by atoms with van der Waals surface area (Å²) in [7, 11) is 0. The van der Waals surface area contributed by atoms with Crippen molar-refractivity contribution in [3.63, 3.8) is 0 Å². The summed E-state index contributed by atoms with van der Waals surface area (Å²) in [5.74, 6) is 2.21. The Bertz CT molecular complexity index is 337. The summed E-state index contributed by atoms with van der Waals surface area (Å²) in [5, 5.41) is 1.21. The van der Waals surface area contributed by atoms with Crippen LogP contribution in [0.1, 0.15) is 39.5 Å². The quantitative estimate of drug-likeness (QED) is 0.592. The Morgan fingerprint density at radius 2 is 1.88 bits per heavy atom. The van der Waals surface area contributed by atoms with Crippen LogP contribution in [0.5, 0.6) is 5.75 Å². The average molecular weight is 274 g/mol. The number of ether oxygens (including phenoxy) is 1. The minimum atomic E-state index is 0.579. The topological polar surface area (TPSA) is 9.23 Å². The third-order valence-corrected chi connectivity index (χ3v) is 3.00. The van der Waals surface area contributed by atoms with Crippen LogP contribution in [0.3, 0.4) is 0 Å². The lowest BCUT2D eigenvalue weighted by atomic mass is 10.1. The molecule has 0 saturated carbocycles. The van der Waals surface area contributed by atoms with Gasteiger partial charge in [-0.3, -0.25) is 0 Å². The van der Waals surface area contributed by atoms with Crippen LogP contribution in [-0.2, 0) is 0 Å². The van der Waals surface area contributed by atoms with E-state index in [1.54, 1.807) is 12.1 Å². The molecule has 3 heteroatoms. The van der Waals surface area contributed by atoms with Gasteiger partial charge in [0.15, 0.2) is 0 Å². The molecule has 0 fully saturated rings. The monoisotopic (exact) mass is 273 g/mol. The molecule has 0 heterocycles. The first-order valence-electron chi connectivity index (χ1n) is 5.96. The molecule has 0 bridgehead atoms. The van der Waals surface area contributed by atoms with Crippen molar-refractivity contribution in [1.82, 2.24) is 0 Å². The maximum absolute atomic E-state index is 6.00. The Hall–Kier alpha value is -0.400. The second kappa shape index (κ2) is 7.84. The Labute approximate surface area is 114 Å². The molecule has 1 nitrogen and oxygen atoms in total. The summed E-state index contributed by atoms with van der Waals surface area (Å²) in [4.78, 5) is 0. The van der Waals surface area contributed by atoms with Crippen LogP contribution >= 0.6 is 23.2 Å². The standard InChI is InChI=1S/C14H19Cl2O/c1-11(2)6-4-3-5-9-17-14-8-7-12(15)10-13(14)16/h7-8,10H,3-6,9H2,1-2H3. The summed E-state index contributed by atoms with van der Waals surface area (Å²) in [6.07, 6.45) is 4.70. The SMILES string of the molecule is C[C](C)CCCCCOc1ccc(Cl)cc1Cl. The van der Waals surface area contributed by atoms with E-state index in [0.717, 1.165) is 6.42 Å². The van der Waals surface area contributed by atoms with Crippen molar-refractivity contribution >= 4 is 23.2 Å². The van der Waals surface area contributed by atoms with E-state index >= 15 is 0 Å². The zero-order valence-electron chi connectivity index (χ0n) is 10.4. The van der Waals surface area contributed by atoms with Crippen LogP contribution in [0.15, 0.2) is 18.2 Å². The van der Waals surface area contributed by atoms with Gasteiger partial charge >= 0.3 is 0 Å². The van der Waals surface area contributed by atoms with Crippen molar-refractivity contribution in [3.05, 3.63) is 34.2 Å². The van der Waals surface area contributed by atoms with Crippen molar-refractivity contribution in [2.75, 3.05) is 6.61 Å². The first kappa shape index (κ1) is 14.7. The summed E-state index contributed by atoms with van der Waals surface area (Å²) in [5.41, 5.74) is 0. The van der Waals surface area contributed by atoms with E-state index in [0.29, 0.717) is 22.4 Å². The maximum atomic E-state index is 6.00. The molecule has 0 aliphatic carbocycles. The molecule has 1 radical (unpaired) electrons. The number of hydrogen-bond donors (Lipinski definition) is 0. The third kappa shape index (κ3) is 6.18. The van der Waals surface area contributed by atoms with Gasteiger partial charge in [-0.2, -0.15) is 0 Å². The van der Waals surface area contributed by atoms with E-state index < -0.39 is 0 Å². The predicted molar refractivity (Wildman–Crippen MR) is 75.0 cm³/mol. The fraction of sp³-hybridized carbons (Fsp3) is 0.500. The smallest absolute Gasteiger partial charge is 0.137 e. The molecular formula is C14H19Cl2O. The zero-order valence-corrected chi connectivity index (χ0v) is 11.9. The predicted octanol–water partition coefficient (Wildman–Crippen LogP) is 5.55. The Kier molecular flexibility index (Phi) is 6.76. The van der Waals surface area contributed by atoms with Gasteiger partial charge in [0.25, 0.3) is 0 Å². The van der Waals surface area contributed by atoms with Gasteiger partial charge in [0, 0.05) is 5.02 Å². The van der Waals surface area contributed by atoms with Gasteiger partial charge in [-0.1, -0.05) is 49.9 Å². The van der Waals surface area contributed by atoms with Gasteiger partial charge in [-0.15, -0.1) is 0 Å². The molecular weight excluding hydrogens is 255 g/mol. The van der Waals surface area contributed by atoms with Gasteiger partial charge in [-0.05, 0) is 37.0 Å². The fourth-order valence-electron chi connectivity index (χ4n) is 1.53. The van der Waals surface area contributed by atoms with Gasteiger partial charge in [0.1, 0.15) is 5.75 Å². The lowest BCUT2D eigenvalue weighted by Gasteiger charge is -2.08. The van der Waals surface area contributed by atoms with E-state index in [4.69, 9.17) is 27.9 Å². The van der Waals surface area contributed by atoms with Crippen molar-refractivity contribution in [3.8, 4) is 5.75 Å². The molecule has 0 aliphatic rings. The number of halogens is 2. The number of unbranched alkanes of at least 4 members (excludes halogenated alkanes) is 2. The van der Waals surface area contributed by atoms with Crippen molar-refractivity contribution in [2.24, 2.45) is 0 Å². The van der Waals surface area contributed by atoms with Crippen LogP contribution < -0.4 is 4.74 Å². The fourth-order valence-corrected chi connectivity index (χ4v) is 1.99. The molecule has 0 aromatic heterocycles. The molecule has 17 heavy (non-hydrogen) atoms. The third-order valence-electron chi connectivity index (χ3n) is 2.47. The number of hydrogen-bond acceptors (Lipinski definition) is 1. The number of rotatable bonds is 7. The minimum absolute atomic E-state index is 0.579. The molecule has 1 rings (SSSR count). The highest BCUT2D eigenvalue weighted by molar-refractivity contribution is 6.35. The first-order valence-corrected chi connectivity index (χ1v) is 6.72. The Morgan fingerprint density at radius 1 is 1.12 bits per heavy atom. The molecule has 0 saturated heterocycles. The van der Waals surface area contributed by atoms with Crippen LogP contribution in [0.2, 0.25) is 10.0 Å². The van der Waals surface area contributed by atoms with Crippen molar-refractivity contribution < 1.29 is 4.74 Å². The summed E-state index contributed by atoms with van der Waals surface area (Å²) in [6, 6.07) is 5.31. The van der Waals surface area contributed by atoms with Gasteiger partial charge < -0.3 is 4.74 Å².